The lowest BCUT2D eigenvalue weighted by Crippen LogP contribution is -2.09. The zero-order valence-electron chi connectivity index (χ0n) is 10.6. The second-order valence-electron chi connectivity index (χ2n) is 4.18. The maximum absolute atomic E-state index is 11.1. The van der Waals surface area contributed by atoms with Crippen molar-refractivity contribution in [3.63, 3.8) is 0 Å². The average Bonchev–Trinajstić information content (AvgIpc) is 2.32. The van der Waals surface area contributed by atoms with E-state index >= 15 is 0 Å². The molecule has 0 aliphatic rings. The highest BCUT2D eigenvalue weighted by molar-refractivity contribution is 7.92. The van der Waals surface area contributed by atoms with E-state index in [1.807, 2.05) is 0 Å². The van der Waals surface area contributed by atoms with Crippen LogP contribution in [0.2, 0.25) is 0 Å². The van der Waals surface area contributed by atoms with Gasteiger partial charge in [0.2, 0.25) is 10.0 Å². The minimum atomic E-state index is -3.26. The van der Waals surface area contributed by atoms with Crippen molar-refractivity contribution in [3.8, 4) is 11.3 Å². The Morgan fingerprint density at radius 1 is 1.21 bits per heavy atom. The molecule has 2 rings (SSSR count). The summed E-state index contributed by atoms with van der Waals surface area (Å²) in [5, 5.41) is 0. The Hall–Kier alpha value is -2.15. The number of anilines is 2. The van der Waals surface area contributed by atoms with Crippen molar-refractivity contribution in [2.45, 2.75) is 6.92 Å². The second kappa shape index (κ2) is 4.85. The Bertz CT molecular complexity index is 696. The molecular formula is C12H14N4O2S. The highest BCUT2D eigenvalue weighted by Crippen LogP contribution is 2.20. The first-order valence-electron chi connectivity index (χ1n) is 5.52. The molecule has 7 heteroatoms. The Kier molecular flexibility index (Phi) is 3.39. The first-order valence-corrected chi connectivity index (χ1v) is 7.41. The molecule has 6 nitrogen and oxygen atoms in total. The molecule has 0 atom stereocenters. The number of hydrogen-bond acceptors (Lipinski definition) is 5. The fraction of sp³-hybridized carbons (Fsp3) is 0.167. The number of aryl methyl sites for hydroxylation is 1. The maximum atomic E-state index is 11.1. The predicted molar refractivity (Wildman–Crippen MR) is 75.1 cm³/mol. The molecule has 0 fully saturated rings. The molecule has 3 N–H and O–H groups in total. The van der Waals surface area contributed by atoms with Crippen LogP contribution >= 0.6 is 0 Å². The molecule has 1 heterocycles. The van der Waals surface area contributed by atoms with Gasteiger partial charge in [0.05, 0.1) is 23.8 Å². The van der Waals surface area contributed by atoms with Crippen LogP contribution in [0.15, 0.2) is 30.5 Å². The van der Waals surface area contributed by atoms with Crippen LogP contribution in [0.3, 0.4) is 0 Å². The van der Waals surface area contributed by atoms with Crippen LogP contribution in [0.1, 0.15) is 5.69 Å². The SMILES string of the molecule is Cc1nc(-c2ccc(NS(C)(=O)=O)cc2)cnc1N. The first kappa shape index (κ1) is 13.3. The standard InChI is InChI=1S/C12H14N4O2S/c1-8-12(13)14-7-11(15-8)9-3-5-10(6-4-9)16-19(2,17)18/h3-7,16H,1-2H3,(H2,13,14). The molecule has 0 saturated heterocycles. The molecule has 0 amide bonds. The van der Waals surface area contributed by atoms with E-state index < -0.39 is 10.0 Å². The van der Waals surface area contributed by atoms with Crippen LogP contribution in [0, 0.1) is 6.92 Å². The molecule has 1 aromatic carbocycles. The van der Waals surface area contributed by atoms with E-state index in [9.17, 15) is 8.42 Å². The third-order valence-corrected chi connectivity index (χ3v) is 3.08. The number of nitrogens with two attached hydrogens (primary N) is 1. The summed E-state index contributed by atoms with van der Waals surface area (Å²) in [6, 6.07) is 6.88. The summed E-state index contributed by atoms with van der Waals surface area (Å²) in [6.07, 6.45) is 2.69. The van der Waals surface area contributed by atoms with E-state index in [2.05, 4.69) is 14.7 Å². The fourth-order valence-electron chi connectivity index (χ4n) is 1.55. The highest BCUT2D eigenvalue weighted by atomic mass is 32.2. The molecule has 1 aromatic heterocycles. The Morgan fingerprint density at radius 2 is 1.84 bits per heavy atom. The summed E-state index contributed by atoms with van der Waals surface area (Å²) in [5.74, 6) is 0.402. The van der Waals surface area contributed by atoms with Crippen LogP contribution in [-0.4, -0.2) is 24.6 Å². The van der Waals surface area contributed by atoms with Crippen molar-refractivity contribution >= 4 is 21.5 Å². The topological polar surface area (TPSA) is 98.0 Å². The molecule has 0 unspecified atom stereocenters. The molecular weight excluding hydrogens is 264 g/mol. The van der Waals surface area contributed by atoms with E-state index in [1.165, 1.54) is 0 Å². The van der Waals surface area contributed by atoms with E-state index in [4.69, 9.17) is 5.73 Å². The monoisotopic (exact) mass is 278 g/mol. The molecule has 0 aliphatic heterocycles. The third kappa shape index (κ3) is 3.41. The number of nitrogen functional groups attached to an aromatic ring is 1. The van der Waals surface area contributed by atoms with Crippen LogP contribution < -0.4 is 10.5 Å². The largest absolute Gasteiger partial charge is 0.382 e. The Labute approximate surface area is 111 Å². The van der Waals surface area contributed by atoms with Gasteiger partial charge in [-0.2, -0.15) is 0 Å². The zero-order chi connectivity index (χ0) is 14.0. The van der Waals surface area contributed by atoms with Gasteiger partial charge in [-0.15, -0.1) is 0 Å². The smallest absolute Gasteiger partial charge is 0.229 e. The van der Waals surface area contributed by atoms with Gasteiger partial charge in [0.25, 0.3) is 0 Å². The summed E-state index contributed by atoms with van der Waals surface area (Å²) >= 11 is 0. The van der Waals surface area contributed by atoms with Gasteiger partial charge in [-0.25, -0.2) is 18.4 Å². The lowest BCUT2D eigenvalue weighted by atomic mass is 10.1. The van der Waals surface area contributed by atoms with Crippen molar-refractivity contribution in [1.82, 2.24) is 9.97 Å². The molecule has 2 aromatic rings. The van der Waals surface area contributed by atoms with Crippen molar-refractivity contribution in [3.05, 3.63) is 36.2 Å². The van der Waals surface area contributed by atoms with Crippen LogP contribution in [-0.2, 0) is 10.0 Å². The molecule has 19 heavy (non-hydrogen) atoms. The normalized spacial score (nSPS) is 11.3. The highest BCUT2D eigenvalue weighted by Gasteiger charge is 2.05. The van der Waals surface area contributed by atoms with Crippen LogP contribution in [0.25, 0.3) is 11.3 Å². The lowest BCUT2D eigenvalue weighted by Gasteiger charge is -2.06. The fourth-order valence-corrected chi connectivity index (χ4v) is 2.12. The first-order chi connectivity index (χ1) is 8.85. The maximum Gasteiger partial charge on any atom is 0.229 e. The summed E-state index contributed by atoms with van der Waals surface area (Å²) in [5.41, 5.74) is 8.31. The van der Waals surface area contributed by atoms with Crippen LogP contribution in [0.5, 0.6) is 0 Å². The minimum Gasteiger partial charge on any atom is -0.382 e. The number of sulfonamides is 1. The zero-order valence-corrected chi connectivity index (χ0v) is 11.4. The van der Waals surface area contributed by atoms with Gasteiger partial charge in [0, 0.05) is 11.3 Å². The molecule has 100 valence electrons. The number of nitrogens with one attached hydrogen (secondary N) is 1. The lowest BCUT2D eigenvalue weighted by molar-refractivity contribution is 0.607. The number of aromatic nitrogens is 2. The van der Waals surface area contributed by atoms with Crippen molar-refractivity contribution in [2.24, 2.45) is 0 Å². The Balaban J connectivity index is 2.29. The van der Waals surface area contributed by atoms with Crippen LogP contribution in [0.4, 0.5) is 11.5 Å². The van der Waals surface area contributed by atoms with Gasteiger partial charge >= 0.3 is 0 Å². The Morgan fingerprint density at radius 3 is 2.37 bits per heavy atom. The van der Waals surface area contributed by atoms with Gasteiger partial charge < -0.3 is 5.73 Å². The van der Waals surface area contributed by atoms with Crippen molar-refractivity contribution < 1.29 is 8.42 Å². The van der Waals surface area contributed by atoms with Gasteiger partial charge in [-0.1, -0.05) is 12.1 Å². The van der Waals surface area contributed by atoms with E-state index in [0.29, 0.717) is 22.9 Å². The van der Waals surface area contributed by atoms with Crippen molar-refractivity contribution in [2.75, 3.05) is 16.7 Å². The molecule has 0 spiro atoms. The molecule has 0 bridgehead atoms. The number of hydrogen-bond donors (Lipinski definition) is 2. The summed E-state index contributed by atoms with van der Waals surface area (Å²) < 4.78 is 24.6. The van der Waals surface area contributed by atoms with Gasteiger partial charge in [-0.3, -0.25) is 4.72 Å². The minimum absolute atomic E-state index is 0.402. The number of rotatable bonds is 3. The van der Waals surface area contributed by atoms with Crippen molar-refractivity contribution in [1.29, 1.82) is 0 Å². The van der Waals surface area contributed by atoms with E-state index in [-0.39, 0.29) is 0 Å². The molecule has 0 aliphatic carbocycles. The molecule has 0 saturated carbocycles. The molecule has 0 radical (unpaired) electrons. The average molecular weight is 278 g/mol. The predicted octanol–water partition coefficient (Wildman–Crippen LogP) is 1.41. The van der Waals surface area contributed by atoms with Gasteiger partial charge in [-0.05, 0) is 19.1 Å². The van der Waals surface area contributed by atoms with Gasteiger partial charge in [0.15, 0.2) is 0 Å². The number of nitrogens with zero attached hydrogens (tertiary/aromatic N) is 2. The van der Waals surface area contributed by atoms with E-state index in [0.717, 1.165) is 11.8 Å². The van der Waals surface area contributed by atoms with E-state index in [1.54, 1.807) is 37.4 Å². The quantitative estimate of drug-likeness (QED) is 0.884. The second-order valence-corrected chi connectivity index (χ2v) is 5.93. The number of benzene rings is 1. The van der Waals surface area contributed by atoms with Gasteiger partial charge in [0.1, 0.15) is 5.82 Å². The summed E-state index contributed by atoms with van der Waals surface area (Å²) in [4.78, 5) is 8.36. The third-order valence-electron chi connectivity index (χ3n) is 2.47. The summed E-state index contributed by atoms with van der Waals surface area (Å²) in [6.45, 7) is 1.78. The summed E-state index contributed by atoms with van der Waals surface area (Å²) in [7, 11) is -3.26.